The van der Waals surface area contributed by atoms with Gasteiger partial charge in [0.25, 0.3) is 0 Å². The van der Waals surface area contributed by atoms with Crippen molar-refractivity contribution in [3.63, 3.8) is 0 Å². The SMILES string of the molecule is CC1CCCC(OCCNc2ccccc2Cl)C1. The molecule has 2 atom stereocenters. The van der Waals surface area contributed by atoms with Crippen molar-refractivity contribution in [2.45, 2.75) is 38.7 Å². The fourth-order valence-corrected chi connectivity index (χ4v) is 2.75. The van der Waals surface area contributed by atoms with E-state index in [1.807, 2.05) is 24.3 Å². The van der Waals surface area contributed by atoms with E-state index in [9.17, 15) is 0 Å². The van der Waals surface area contributed by atoms with Crippen LogP contribution in [0.1, 0.15) is 32.6 Å². The van der Waals surface area contributed by atoms with Crippen LogP contribution in [0.15, 0.2) is 24.3 Å². The summed E-state index contributed by atoms with van der Waals surface area (Å²) in [4.78, 5) is 0. The predicted molar refractivity (Wildman–Crippen MR) is 77.3 cm³/mol. The Kier molecular flexibility index (Phi) is 5.33. The third-order valence-corrected chi connectivity index (χ3v) is 3.86. The normalized spacial score (nSPS) is 23.9. The minimum atomic E-state index is 0.460. The summed E-state index contributed by atoms with van der Waals surface area (Å²) in [6.07, 6.45) is 5.56. The van der Waals surface area contributed by atoms with Crippen LogP contribution in [0, 0.1) is 5.92 Å². The average Bonchev–Trinajstić information content (AvgIpc) is 2.37. The van der Waals surface area contributed by atoms with E-state index < -0.39 is 0 Å². The minimum absolute atomic E-state index is 0.460. The van der Waals surface area contributed by atoms with Crippen molar-refractivity contribution in [2.24, 2.45) is 5.92 Å². The molecule has 0 spiro atoms. The van der Waals surface area contributed by atoms with Gasteiger partial charge in [-0.1, -0.05) is 43.5 Å². The fourth-order valence-electron chi connectivity index (χ4n) is 2.55. The molecule has 1 N–H and O–H groups in total. The molecule has 2 unspecified atom stereocenters. The molecule has 1 fully saturated rings. The molecule has 0 amide bonds. The topological polar surface area (TPSA) is 21.3 Å². The maximum atomic E-state index is 6.07. The van der Waals surface area contributed by atoms with Gasteiger partial charge in [0.05, 0.1) is 23.4 Å². The molecule has 100 valence electrons. The third kappa shape index (κ3) is 4.18. The first-order chi connectivity index (χ1) is 8.75. The molecule has 1 aromatic rings. The third-order valence-electron chi connectivity index (χ3n) is 3.53. The molecule has 2 nitrogen and oxygen atoms in total. The number of anilines is 1. The van der Waals surface area contributed by atoms with Crippen LogP contribution in [0.25, 0.3) is 0 Å². The lowest BCUT2D eigenvalue weighted by Crippen LogP contribution is -2.24. The quantitative estimate of drug-likeness (QED) is 0.801. The molecule has 18 heavy (non-hydrogen) atoms. The first-order valence-electron chi connectivity index (χ1n) is 6.85. The van der Waals surface area contributed by atoms with Gasteiger partial charge in [0.1, 0.15) is 0 Å². The van der Waals surface area contributed by atoms with E-state index in [1.54, 1.807) is 0 Å². The van der Waals surface area contributed by atoms with Crippen LogP contribution in [-0.2, 0) is 4.74 Å². The van der Waals surface area contributed by atoms with Gasteiger partial charge < -0.3 is 10.1 Å². The maximum Gasteiger partial charge on any atom is 0.0642 e. The number of ether oxygens (including phenoxy) is 1. The number of nitrogens with one attached hydrogen (secondary N) is 1. The zero-order valence-electron chi connectivity index (χ0n) is 11.0. The highest BCUT2D eigenvalue weighted by Crippen LogP contribution is 2.25. The van der Waals surface area contributed by atoms with E-state index in [0.717, 1.165) is 29.8 Å². The monoisotopic (exact) mass is 267 g/mol. The molecule has 1 aliphatic rings. The molecule has 3 heteroatoms. The summed E-state index contributed by atoms with van der Waals surface area (Å²) in [5.74, 6) is 0.820. The number of rotatable bonds is 5. The Bertz CT molecular complexity index is 369. The summed E-state index contributed by atoms with van der Waals surface area (Å²) in [6.45, 7) is 3.88. The highest BCUT2D eigenvalue weighted by molar-refractivity contribution is 6.33. The maximum absolute atomic E-state index is 6.07. The summed E-state index contributed by atoms with van der Waals surface area (Å²) >= 11 is 6.07. The minimum Gasteiger partial charge on any atom is -0.382 e. The Balaban J connectivity index is 1.65. The van der Waals surface area contributed by atoms with E-state index in [1.165, 1.54) is 25.7 Å². The van der Waals surface area contributed by atoms with Crippen LogP contribution in [0.3, 0.4) is 0 Å². The average molecular weight is 268 g/mol. The van der Waals surface area contributed by atoms with Gasteiger partial charge in [0.2, 0.25) is 0 Å². The van der Waals surface area contributed by atoms with Gasteiger partial charge in [0.15, 0.2) is 0 Å². The molecule has 0 saturated heterocycles. The lowest BCUT2D eigenvalue weighted by molar-refractivity contribution is 0.0213. The van der Waals surface area contributed by atoms with Gasteiger partial charge in [-0.15, -0.1) is 0 Å². The first kappa shape index (κ1) is 13.7. The number of benzene rings is 1. The molecule has 2 rings (SSSR count). The number of hydrogen-bond donors (Lipinski definition) is 1. The molecule has 1 aromatic carbocycles. The second-order valence-corrected chi connectivity index (χ2v) is 5.58. The van der Waals surface area contributed by atoms with Crippen LogP contribution in [-0.4, -0.2) is 19.3 Å². The van der Waals surface area contributed by atoms with E-state index in [4.69, 9.17) is 16.3 Å². The second kappa shape index (κ2) is 7.01. The predicted octanol–water partition coefficient (Wildman–Crippen LogP) is 4.35. The van der Waals surface area contributed by atoms with Crippen LogP contribution in [0.2, 0.25) is 5.02 Å². The second-order valence-electron chi connectivity index (χ2n) is 5.17. The van der Waals surface area contributed by atoms with Crippen molar-refractivity contribution < 1.29 is 4.74 Å². The van der Waals surface area contributed by atoms with Gasteiger partial charge in [-0.3, -0.25) is 0 Å². The van der Waals surface area contributed by atoms with Crippen molar-refractivity contribution in [1.82, 2.24) is 0 Å². The van der Waals surface area contributed by atoms with Gasteiger partial charge in [-0.05, 0) is 30.9 Å². The van der Waals surface area contributed by atoms with Crippen LogP contribution in [0.5, 0.6) is 0 Å². The zero-order valence-corrected chi connectivity index (χ0v) is 11.7. The van der Waals surface area contributed by atoms with Gasteiger partial charge in [-0.2, -0.15) is 0 Å². The lowest BCUT2D eigenvalue weighted by Gasteiger charge is -2.26. The van der Waals surface area contributed by atoms with Crippen molar-refractivity contribution >= 4 is 17.3 Å². The van der Waals surface area contributed by atoms with Crippen molar-refractivity contribution in [2.75, 3.05) is 18.5 Å². The highest BCUT2D eigenvalue weighted by Gasteiger charge is 2.18. The first-order valence-corrected chi connectivity index (χ1v) is 7.23. The van der Waals surface area contributed by atoms with Crippen molar-refractivity contribution in [3.05, 3.63) is 29.3 Å². The standard InChI is InChI=1S/C15H22ClNO/c1-12-5-4-6-13(11-12)18-10-9-17-15-8-3-2-7-14(15)16/h2-3,7-8,12-13,17H,4-6,9-11H2,1H3. The summed E-state index contributed by atoms with van der Waals surface area (Å²) in [5, 5.41) is 4.07. The van der Waals surface area contributed by atoms with E-state index in [0.29, 0.717) is 6.10 Å². The molecule has 0 aromatic heterocycles. The largest absolute Gasteiger partial charge is 0.382 e. The number of para-hydroxylation sites is 1. The number of halogens is 1. The summed E-state index contributed by atoms with van der Waals surface area (Å²) in [7, 11) is 0. The molecule has 1 aliphatic carbocycles. The van der Waals surface area contributed by atoms with Crippen molar-refractivity contribution in [1.29, 1.82) is 0 Å². The van der Waals surface area contributed by atoms with Gasteiger partial charge >= 0.3 is 0 Å². The number of hydrogen-bond acceptors (Lipinski definition) is 2. The smallest absolute Gasteiger partial charge is 0.0642 e. The zero-order chi connectivity index (χ0) is 12.8. The molecule has 0 radical (unpaired) electrons. The van der Waals surface area contributed by atoms with Crippen LogP contribution in [0.4, 0.5) is 5.69 Å². The van der Waals surface area contributed by atoms with E-state index in [2.05, 4.69) is 12.2 Å². The molecule has 0 heterocycles. The van der Waals surface area contributed by atoms with E-state index in [-0.39, 0.29) is 0 Å². The van der Waals surface area contributed by atoms with Gasteiger partial charge in [-0.25, -0.2) is 0 Å². The van der Waals surface area contributed by atoms with E-state index >= 15 is 0 Å². The van der Waals surface area contributed by atoms with Gasteiger partial charge in [0, 0.05) is 6.54 Å². The summed E-state index contributed by atoms with van der Waals surface area (Å²) in [5.41, 5.74) is 0.986. The Morgan fingerprint density at radius 2 is 2.17 bits per heavy atom. The molecular weight excluding hydrogens is 246 g/mol. The molecular formula is C15H22ClNO. The Hall–Kier alpha value is -0.730. The summed E-state index contributed by atoms with van der Waals surface area (Å²) in [6, 6.07) is 7.81. The molecule has 0 aliphatic heterocycles. The lowest BCUT2D eigenvalue weighted by atomic mass is 9.89. The molecule has 0 bridgehead atoms. The van der Waals surface area contributed by atoms with Crippen LogP contribution < -0.4 is 5.32 Å². The molecule has 1 saturated carbocycles. The van der Waals surface area contributed by atoms with Crippen LogP contribution >= 0.6 is 11.6 Å². The Morgan fingerprint density at radius 3 is 2.94 bits per heavy atom. The van der Waals surface area contributed by atoms with Crippen molar-refractivity contribution in [3.8, 4) is 0 Å². The summed E-state index contributed by atoms with van der Waals surface area (Å²) < 4.78 is 5.91. The fraction of sp³-hybridized carbons (Fsp3) is 0.600. The highest BCUT2D eigenvalue weighted by atomic mass is 35.5. The Labute approximate surface area is 115 Å². The Morgan fingerprint density at radius 1 is 1.33 bits per heavy atom.